The zero-order valence-corrected chi connectivity index (χ0v) is 12.5. The molecule has 1 aliphatic heterocycles. The molecule has 3 N–H and O–H groups in total. The summed E-state index contributed by atoms with van der Waals surface area (Å²) < 4.78 is 0. The summed E-state index contributed by atoms with van der Waals surface area (Å²) in [6, 6.07) is 10.9. The lowest BCUT2D eigenvalue weighted by Gasteiger charge is -2.20. The highest BCUT2D eigenvalue weighted by atomic mass is 16.1. The Morgan fingerprint density at radius 2 is 2.00 bits per heavy atom. The zero-order valence-electron chi connectivity index (χ0n) is 12.5. The molecule has 0 bridgehead atoms. The number of likely N-dealkylation sites (tertiary alicyclic amines) is 1. The standard InChI is InChI=1S/C16H22N4O/c1-11(2)20-8-7-14(10-20)17-13-5-3-12(4-6-13)15-9-16(21)19-18-15/h3-6,9,11,14,17H,7-8,10H2,1-2H3,(H2,18,19,21). The fourth-order valence-electron chi connectivity index (χ4n) is 2.84. The maximum Gasteiger partial charge on any atom is 0.264 e. The molecule has 5 nitrogen and oxygen atoms in total. The molecule has 0 amide bonds. The Morgan fingerprint density at radius 1 is 1.24 bits per heavy atom. The van der Waals surface area contributed by atoms with Crippen LogP contribution in [0.4, 0.5) is 5.69 Å². The number of benzene rings is 1. The van der Waals surface area contributed by atoms with E-state index in [2.05, 4.69) is 46.4 Å². The van der Waals surface area contributed by atoms with Gasteiger partial charge in [0.05, 0.1) is 5.69 Å². The van der Waals surface area contributed by atoms with Crippen molar-refractivity contribution in [2.45, 2.75) is 32.4 Å². The van der Waals surface area contributed by atoms with Crippen molar-refractivity contribution in [3.8, 4) is 11.3 Å². The molecule has 1 aromatic heterocycles. The van der Waals surface area contributed by atoms with Gasteiger partial charge in [-0.05, 0) is 38.0 Å². The first-order chi connectivity index (χ1) is 10.1. The van der Waals surface area contributed by atoms with E-state index in [-0.39, 0.29) is 5.56 Å². The summed E-state index contributed by atoms with van der Waals surface area (Å²) >= 11 is 0. The number of hydrogen-bond acceptors (Lipinski definition) is 3. The van der Waals surface area contributed by atoms with Crippen LogP contribution in [0.15, 0.2) is 35.1 Å². The van der Waals surface area contributed by atoms with E-state index in [1.807, 2.05) is 12.1 Å². The minimum Gasteiger partial charge on any atom is -0.381 e. The lowest BCUT2D eigenvalue weighted by Crippen LogP contribution is -2.31. The molecular weight excluding hydrogens is 264 g/mol. The van der Waals surface area contributed by atoms with Crippen LogP contribution in [0.3, 0.4) is 0 Å². The maximum absolute atomic E-state index is 11.1. The van der Waals surface area contributed by atoms with E-state index in [4.69, 9.17) is 0 Å². The van der Waals surface area contributed by atoms with Gasteiger partial charge in [0.1, 0.15) is 0 Å². The average molecular weight is 286 g/mol. The van der Waals surface area contributed by atoms with Crippen LogP contribution in [0.25, 0.3) is 11.3 Å². The number of H-pyrrole nitrogens is 2. The Hall–Kier alpha value is -2.01. The van der Waals surface area contributed by atoms with E-state index >= 15 is 0 Å². The second-order valence-electron chi connectivity index (χ2n) is 5.97. The number of nitrogens with zero attached hydrogens (tertiary/aromatic N) is 1. The molecule has 1 unspecified atom stereocenters. The first-order valence-electron chi connectivity index (χ1n) is 7.50. The van der Waals surface area contributed by atoms with E-state index in [9.17, 15) is 4.79 Å². The molecule has 1 saturated heterocycles. The predicted octanol–water partition coefficient (Wildman–Crippen LogP) is 2.26. The molecule has 1 aromatic carbocycles. The van der Waals surface area contributed by atoms with Crippen molar-refractivity contribution in [3.05, 3.63) is 40.7 Å². The highest BCUT2D eigenvalue weighted by Gasteiger charge is 2.23. The third-order valence-corrected chi connectivity index (χ3v) is 4.11. The van der Waals surface area contributed by atoms with E-state index in [1.165, 1.54) is 6.42 Å². The monoisotopic (exact) mass is 286 g/mol. The van der Waals surface area contributed by atoms with Crippen molar-refractivity contribution in [3.63, 3.8) is 0 Å². The Morgan fingerprint density at radius 3 is 2.57 bits per heavy atom. The minimum absolute atomic E-state index is 0.105. The molecule has 0 saturated carbocycles. The largest absolute Gasteiger partial charge is 0.381 e. The molecule has 2 aromatic rings. The van der Waals surface area contributed by atoms with E-state index in [1.54, 1.807) is 6.07 Å². The molecular formula is C16H22N4O. The van der Waals surface area contributed by atoms with Crippen molar-refractivity contribution < 1.29 is 0 Å². The summed E-state index contributed by atoms with van der Waals surface area (Å²) in [5.74, 6) is 0. The Balaban J connectivity index is 1.64. The first kappa shape index (κ1) is 13.9. The van der Waals surface area contributed by atoms with E-state index in [0.717, 1.165) is 30.0 Å². The summed E-state index contributed by atoms with van der Waals surface area (Å²) in [6.07, 6.45) is 1.19. The van der Waals surface area contributed by atoms with Crippen LogP contribution < -0.4 is 10.9 Å². The van der Waals surface area contributed by atoms with Crippen LogP contribution in [0.1, 0.15) is 20.3 Å². The lowest BCUT2D eigenvalue weighted by atomic mass is 10.1. The normalized spacial score (nSPS) is 19.3. The van der Waals surface area contributed by atoms with Gasteiger partial charge in [-0.3, -0.25) is 19.9 Å². The van der Waals surface area contributed by atoms with Gasteiger partial charge in [-0.15, -0.1) is 0 Å². The second kappa shape index (κ2) is 5.77. The Labute approximate surface area is 124 Å². The molecule has 21 heavy (non-hydrogen) atoms. The highest BCUT2D eigenvalue weighted by Crippen LogP contribution is 2.21. The lowest BCUT2D eigenvalue weighted by molar-refractivity contribution is 0.274. The van der Waals surface area contributed by atoms with Gasteiger partial charge >= 0.3 is 0 Å². The van der Waals surface area contributed by atoms with E-state index < -0.39 is 0 Å². The van der Waals surface area contributed by atoms with Crippen LogP contribution in [-0.2, 0) is 0 Å². The fourth-order valence-corrected chi connectivity index (χ4v) is 2.84. The van der Waals surface area contributed by atoms with Gasteiger partial charge in [0.15, 0.2) is 0 Å². The smallest absolute Gasteiger partial charge is 0.264 e. The molecule has 0 aliphatic carbocycles. The molecule has 0 spiro atoms. The van der Waals surface area contributed by atoms with Gasteiger partial charge in [0.2, 0.25) is 0 Å². The SMILES string of the molecule is CC(C)N1CCC(Nc2ccc(-c3cc(=O)[nH][nH]3)cc2)C1. The van der Waals surface area contributed by atoms with Gasteiger partial charge in [-0.2, -0.15) is 0 Å². The number of rotatable bonds is 4. The van der Waals surface area contributed by atoms with Gasteiger partial charge in [-0.25, -0.2) is 0 Å². The van der Waals surface area contributed by atoms with E-state index in [0.29, 0.717) is 12.1 Å². The first-order valence-corrected chi connectivity index (χ1v) is 7.50. The molecule has 1 atom stereocenters. The van der Waals surface area contributed by atoms with Crippen molar-refractivity contribution in [2.75, 3.05) is 18.4 Å². The number of aromatic nitrogens is 2. The summed E-state index contributed by atoms with van der Waals surface area (Å²) in [5.41, 5.74) is 2.85. The molecule has 3 rings (SSSR count). The predicted molar refractivity (Wildman–Crippen MR) is 85.6 cm³/mol. The van der Waals surface area contributed by atoms with Crippen molar-refractivity contribution in [1.29, 1.82) is 0 Å². The molecule has 2 heterocycles. The second-order valence-corrected chi connectivity index (χ2v) is 5.97. The van der Waals surface area contributed by atoms with Crippen LogP contribution in [0.5, 0.6) is 0 Å². The third kappa shape index (κ3) is 3.19. The van der Waals surface area contributed by atoms with Crippen molar-refractivity contribution >= 4 is 5.69 Å². The Bertz CT molecular complexity index is 641. The number of hydrogen-bond donors (Lipinski definition) is 3. The molecule has 1 aliphatic rings. The van der Waals surface area contributed by atoms with Crippen LogP contribution >= 0.6 is 0 Å². The Kier molecular flexibility index (Phi) is 3.84. The van der Waals surface area contributed by atoms with Crippen molar-refractivity contribution in [1.82, 2.24) is 15.1 Å². The number of anilines is 1. The summed E-state index contributed by atoms with van der Waals surface area (Å²) in [7, 11) is 0. The molecule has 1 fully saturated rings. The quantitative estimate of drug-likeness (QED) is 0.808. The minimum atomic E-state index is -0.105. The molecule has 5 heteroatoms. The van der Waals surface area contributed by atoms with Gasteiger partial charge < -0.3 is 5.32 Å². The van der Waals surface area contributed by atoms with Gasteiger partial charge in [0.25, 0.3) is 5.56 Å². The highest BCUT2D eigenvalue weighted by molar-refractivity contribution is 5.62. The third-order valence-electron chi connectivity index (χ3n) is 4.11. The average Bonchev–Trinajstić information content (AvgIpc) is 3.09. The number of aromatic amines is 2. The fraction of sp³-hybridized carbons (Fsp3) is 0.438. The van der Waals surface area contributed by atoms with Crippen LogP contribution in [0.2, 0.25) is 0 Å². The van der Waals surface area contributed by atoms with Crippen LogP contribution in [0, 0.1) is 0 Å². The van der Waals surface area contributed by atoms with Gasteiger partial charge in [0, 0.05) is 36.9 Å². The van der Waals surface area contributed by atoms with Crippen molar-refractivity contribution in [2.24, 2.45) is 0 Å². The summed E-state index contributed by atoms with van der Waals surface area (Å²) in [5, 5.41) is 9.01. The summed E-state index contributed by atoms with van der Waals surface area (Å²) in [6.45, 7) is 6.76. The van der Waals surface area contributed by atoms with Crippen LogP contribution in [-0.4, -0.2) is 40.3 Å². The molecule has 0 radical (unpaired) electrons. The zero-order chi connectivity index (χ0) is 14.8. The van der Waals surface area contributed by atoms with Gasteiger partial charge in [-0.1, -0.05) is 12.1 Å². The maximum atomic E-state index is 11.1. The number of nitrogens with one attached hydrogen (secondary N) is 3. The molecule has 112 valence electrons. The topological polar surface area (TPSA) is 63.9 Å². The summed E-state index contributed by atoms with van der Waals surface area (Å²) in [4.78, 5) is 13.6.